The SMILES string of the molecule is CCOc1ccc(C(=O)[C@@H](C)Sc2nnc(-c3ccco3)o2)cc1. The highest BCUT2D eigenvalue weighted by molar-refractivity contribution is 8.00. The summed E-state index contributed by atoms with van der Waals surface area (Å²) in [6.45, 7) is 4.31. The number of Topliss-reactive ketones (excluding diaryl/α,β-unsaturated/α-hetero) is 1. The van der Waals surface area contributed by atoms with Crippen LogP contribution >= 0.6 is 11.8 Å². The van der Waals surface area contributed by atoms with Gasteiger partial charge < -0.3 is 13.6 Å². The highest BCUT2D eigenvalue weighted by Crippen LogP contribution is 2.28. The Morgan fingerprint density at radius 2 is 2.04 bits per heavy atom. The Bertz CT molecular complexity index is 796. The van der Waals surface area contributed by atoms with Crippen LogP contribution in [0.15, 0.2) is 56.7 Å². The van der Waals surface area contributed by atoms with Crippen LogP contribution in [0.25, 0.3) is 11.7 Å². The Morgan fingerprint density at radius 3 is 2.71 bits per heavy atom. The molecular formula is C17H16N2O4S. The Balaban J connectivity index is 1.65. The summed E-state index contributed by atoms with van der Waals surface area (Å²) in [6.07, 6.45) is 1.53. The van der Waals surface area contributed by atoms with Crippen molar-refractivity contribution in [1.29, 1.82) is 0 Å². The molecule has 3 rings (SSSR count). The first kappa shape index (κ1) is 16.3. The zero-order chi connectivity index (χ0) is 16.9. The maximum Gasteiger partial charge on any atom is 0.284 e. The molecule has 24 heavy (non-hydrogen) atoms. The summed E-state index contributed by atoms with van der Waals surface area (Å²) in [5, 5.41) is 7.83. The number of hydrogen-bond acceptors (Lipinski definition) is 7. The van der Waals surface area contributed by atoms with Gasteiger partial charge in [-0.3, -0.25) is 4.79 Å². The van der Waals surface area contributed by atoms with Crippen molar-refractivity contribution in [3.05, 3.63) is 48.2 Å². The molecule has 1 atom stereocenters. The average Bonchev–Trinajstić information content (AvgIpc) is 3.26. The predicted molar refractivity (Wildman–Crippen MR) is 89.3 cm³/mol. The van der Waals surface area contributed by atoms with Crippen LogP contribution in [0, 0.1) is 0 Å². The van der Waals surface area contributed by atoms with E-state index in [0.29, 0.717) is 29.0 Å². The van der Waals surface area contributed by atoms with E-state index in [1.54, 1.807) is 43.3 Å². The minimum Gasteiger partial charge on any atom is -0.494 e. The van der Waals surface area contributed by atoms with E-state index in [1.165, 1.54) is 18.0 Å². The van der Waals surface area contributed by atoms with Crippen LogP contribution in [0.2, 0.25) is 0 Å². The number of furan rings is 1. The van der Waals surface area contributed by atoms with Gasteiger partial charge >= 0.3 is 0 Å². The third-order valence-electron chi connectivity index (χ3n) is 3.24. The summed E-state index contributed by atoms with van der Waals surface area (Å²) in [5.41, 5.74) is 0.615. The molecular weight excluding hydrogens is 328 g/mol. The highest BCUT2D eigenvalue weighted by Gasteiger charge is 2.20. The summed E-state index contributed by atoms with van der Waals surface area (Å²) >= 11 is 1.22. The van der Waals surface area contributed by atoms with E-state index in [0.717, 1.165) is 5.75 Å². The first-order valence-corrected chi connectivity index (χ1v) is 8.36. The summed E-state index contributed by atoms with van der Waals surface area (Å²) in [4.78, 5) is 12.5. The first-order valence-electron chi connectivity index (χ1n) is 7.48. The number of benzene rings is 1. The molecule has 0 saturated heterocycles. The van der Waals surface area contributed by atoms with Crippen molar-refractivity contribution in [2.24, 2.45) is 0 Å². The molecule has 0 aliphatic rings. The van der Waals surface area contributed by atoms with Gasteiger partial charge in [0.25, 0.3) is 11.1 Å². The number of nitrogens with zero attached hydrogens (tertiary/aromatic N) is 2. The van der Waals surface area contributed by atoms with Crippen molar-refractivity contribution in [3.63, 3.8) is 0 Å². The third-order valence-corrected chi connectivity index (χ3v) is 4.17. The monoisotopic (exact) mass is 344 g/mol. The van der Waals surface area contributed by atoms with Crippen LogP contribution in [0.3, 0.4) is 0 Å². The molecule has 7 heteroatoms. The quantitative estimate of drug-likeness (QED) is 0.472. The Kier molecular flexibility index (Phi) is 5.00. The van der Waals surface area contributed by atoms with Gasteiger partial charge in [0.05, 0.1) is 18.1 Å². The lowest BCUT2D eigenvalue weighted by Crippen LogP contribution is -2.13. The molecule has 0 spiro atoms. The molecule has 124 valence electrons. The molecule has 6 nitrogen and oxygen atoms in total. The molecule has 0 aliphatic heterocycles. The molecule has 3 aromatic rings. The molecule has 0 saturated carbocycles. The minimum atomic E-state index is -0.354. The number of carbonyl (C=O) groups excluding carboxylic acids is 1. The van der Waals surface area contributed by atoms with Gasteiger partial charge in [-0.25, -0.2) is 0 Å². The van der Waals surface area contributed by atoms with E-state index in [4.69, 9.17) is 13.6 Å². The maximum atomic E-state index is 12.5. The summed E-state index contributed by atoms with van der Waals surface area (Å²) in [6, 6.07) is 10.6. The number of aromatic nitrogens is 2. The van der Waals surface area contributed by atoms with E-state index >= 15 is 0 Å². The summed E-state index contributed by atoms with van der Waals surface area (Å²) < 4.78 is 16.1. The van der Waals surface area contributed by atoms with Crippen LogP contribution in [-0.2, 0) is 0 Å². The third kappa shape index (κ3) is 3.68. The lowest BCUT2D eigenvalue weighted by atomic mass is 10.1. The highest BCUT2D eigenvalue weighted by atomic mass is 32.2. The normalized spacial score (nSPS) is 12.1. The van der Waals surface area contributed by atoms with Gasteiger partial charge in [-0.15, -0.1) is 10.2 Å². The molecule has 2 heterocycles. The molecule has 2 aromatic heterocycles. The van der Waals surface area contributed by atoms with Gasteiger partial charge in [0.1, 0.15) is 5.75 Å². The van der Waals surface area contributed by atoms with Gasteiger partial charge in [0, 0.05) is 5.56 Å². The Hall–Kier alpha value is -2.54. The topological polar surface area (TPSA) is 78.4 Å². The first-order chi connectivity index (χ1) is 11.7. The molecule has 0 N–H and O–H groups in total. The van der Waals surface area contributed by atoms with Gasteiger partial charge in [0.15, 0.2) is 11.5 Å². The Labute approximate surface area is 143 Å². The lowest BCUT2D eigenvalue weighted by Gasteiger charge is -2.08. The number of ketones is 1. The van der Waals surface area contributed by atoms with Crippen molar-refractivity contribution < 1.29 is 18.4 Å². The molecule has 0 fully saturated rings. The fourth-order valence-corrected chi connectivity index (χ4v) is 2.84. The molecule has 0 radical (unpaired) electrons. The van der Waals surface area contributed by atoms with E-state index in [-0.39, 0.29) is 11.0 Å². The second-order valence-corrected chi connectivity index (χ2v) is 6.22. The smallest absolute Gasteiger partial charge is 0.284 e. The van der Waals surface area contributed by atoms with E-state index in [9.17, 15) is 4.79 Å². The fourth-order valence-electron chi connectivity index (χ4n) is 2.08. The number of hydrogen-bond donors (Lipinski definition) is 0. The minimum absolute atomic E-state index is 0.0132. The van der Waals surface area contributed by atoms with Crippen LogP contribution in [0.4, 0.5) is 0 Å². The fraction of sp³-hybridized carbons (Fsp3) is 0.235. The second-order valence-electron chi connectivity index (χ2n) is 4.93. The zero-order valence-corrected chi connectivity index (χ0v) is 14.1. The number of ether oxygens (including phenoxy) is 1. The largest absolute Gasteiger partial charge is 0.494 e. The van der Waals surface area contributed by atoms with Crippen molar-refractivity contribution in [1.82, 2.24) is 10.2 Å². The average molecular weight is 344 g/mol. The van der Waals surface area contributed by atoms with Gasteiger partial charge in [-0.05, 0) is 50.2 Å². The number of thioether (sulfide) groups is 1. The van der Waals surface area contributed by atoms with Crippen molar-refractivity contribution in [2.45, 2.75) is 24.3 Å². The van der Waals surface area contributed by atoms with E-state index < -0.39 is 0 Å². The molecule has 0 aliphatic carbocycles. The van der Waals surface area contributed by atoms with Crippen LogP contribution in [-0.4, -0.2) is 27.8 Å². The lowest BCUT2D eigenvalue weighted by molar-refractivity contribution is 0.0993. The predicted octanol–water partition coefficient (Wildman–Crippen LogP) is 4.09. The molecule has 0 unspecified atom stereocenters. The van der Waals surface area contributed by atoms with Crippen molar-refractivity contribution in [2.75, 3.05) is 6.61 Å². The van der Waals surface area contributed by atoms with E-state index in [2.05, 4.69) is 10.2 Å². The second kappa shape index (κ2) is 7.35. The van der Waals surface area contributed by atoms with Gasteiger partial charge in [0.2, 0.25) is 0 Å². The van der Waals surface area contributed by atoms with Crippen LogP contribution in [0.1, 0.15) is 24.2 Å². The molecule has 0 bridgehead atoms. The van der Waals surface area contributed by atoms with Gasteiger partial charge in [-0.1, -0.05) is 11.8 Å². The van der Waals surface area contributed by atoms with Crippen molar-refractivity contribution >= 4 is 17.5 Å². The number of carbonyl (C=O) groups is 1. The Morgan fingerprint density at radius 1 is 1.25 bits per heavy atom. The van der Waals surface area contributed by atoms with Crippen molar-refractivity contribution in [3.8, 4) is 17.4 Å². The van der Waals surface area contributed by atoms with Gasteiger partial charge in [-0.2, -0.15) is 0 Å². The standard InChI is InChI=1S/C17H16N2O4S/c1-3-21-13-8-6-12(7-9-13)15(20)11(2)24-17-19-18-16(23-17)14-5-4-10-22-14/h4-11H,3H2,1-2H3/t11-/m1/s1. The number of rotatable bonds is 7. The van der Waals surface area contributed by atoms with Crippen LogP contribution in [0.5, 0.6) is 5.75 Å². The molecule has 1 aromatic carbocycles. The van der Waals surface area contributed by atoms with Crippen LogP contribution < -0.4 is 4.74 Å². The summed E-state index contributed by atoms with van der Waals surface area (Å²) in [5.74, 6) is 1.53. The maximum absolute atomic E-state index is 12.5. The zero-order valence-electron chi connectivity index (χ0n) is 13.3. The molecule has 0 amide bonds. The van der Waals surface area contributed by atoms with E-state index in [1.807, 2.05) is 6.92 Å². The summed E-state index contributed by atoms with van der Waals surface area (Å²) in [7, 11) is 0.